The molecular weight excluding hydrogens is 136 g/mol. The molecule has 0 aliphatic heterocycles. The lowest BCUT2D eigenvalue weighted by atomic mass is 10.2. The molecule has 68 valence electrons. The molecule has 0 heterocycles. The standard InChI is InChI=1S/C9H22N2/c1-6-9(2)11(5)8-7-10(3)4/h9H,6-8H2,1-5H3/t9-/m0/s1. The Bertz CT molecular complexity index is 91.6. The largest absolute Gasteiger partial charge is 0.308 e. The monoisotopic (exact) mass is 158 g/mol. The zero-order chi connectivity index (χ0) is 8.85. The van der Waals surface area contributed by atoms with E-state index in [-0.39, 0.29) is 0 Å². The third-order valence-electron chi connectivity index (χ3n) is 2.24. The summed E-state index contributed by atoms with van der Waals surface area (Å²) in [4.78, 5) is 4.62. The Morgan fingerprint density at radius 3 is 2.00 bits per heavy atom. The summed E-state index contributed by atoms with van der Waals surface area (Å²) in [6.45, 7) is 6.83. The summed E-state index contributed by atoms with van der Waals surface area (Å²) in [6, 6.07) is 0.718. The van der Waals surface area contributed by atoms with Crippen LogP contribution in [0.3, 0.4) is 0 Å². The predicted octanol–water partition coefficient (Wildman–Crippen LogP) is 1.28. The molecule has 0 unspecified atom stereocenters. The van der Waals surface area contributed by atoms with Gasteiger partial charge in [0.1, 0.15) is 0 Å². The second kappa shape index (κ2) is 5.56. The summed E-state index contributed by atoms with van der Waals surface area (Å²) in [7, 11) is 6.42. The second-order valence-corrected chi connectivity index (χ2v) is 3.54. The highest BCUT2D eigenvalue weighted by molar-refractivity contribution is 4.61. The van der Waals surface area contributed by atoms with Crippen molar-refractivity contribution in [3.05, 3.63) is 0 Å². The van der Waals surface area contributed by atoms with Crippen molar-refractivity contribution in [1.82, 2.24) is 9.80 Å². The molecule has 0 aromatic heterocycles. The minimum absolute atomic E-state index is 0.718. The van der Waals surface area contributed by atoms with Crippen molar-refractivity contribution in [3.8, 4) is 0 Å². The quantitative estimate of drug-likeness (QED) is 0.594. The Balaban J connectivity index is 3.43. The molecule has 0 aromatic rings. The number of rotatable bonds is 5. The summed E-state index contributed by atoms with van der Waals surface area (Å²) in [6.07, 6.45) is 1.24. The molecule has 0 saturated heterocycles. The maximum absolute atomic E-state index is 2.40. The van der Waals surface area contributed by atoms with E-state index in [2.05, 4.69) is 44.8 Å². The SMILES string of the molecule is CC[C@H](C)N(C)CCN(C)C. The van der Waals surface area contributed by atoms with Gasteiger partial charge >= 0.3 is 0 Å². The van der Waals surface area contributed by atoms with Gasteiger partial charge in [-0.2, -0.15) is 0 Å². The Kier molecular flexibility index (Phi) is 5.51. The van der Waals surface area contributed by atoms with Crippen molar-refractivity contribution in [2.24, 2.45) is 0 Å². The fourth-order valence-electron chi connectivity index (χ4n) is 0.890. The topological polar surface area (TPSA) is 6.48 Å². The average molecular weight is 158 g/mol. The molecule has 0 N–H and O–H groups in total. The van der Waals surface area contributed by atoms with E-state index < -0.39 is 0 Å². The number of hydrogen-bond donors (Lipinski definition) is 0. The summed E-state index contributed by atoms with van der Waals surface area (Å²) in [5, 5.41) is 0. The minimum Gasteiger partial charge on any atom is -0.308 e. The highest BCUT2D eigenvalue weighted by Crippen LogP contribution is 1.98. The van der Waals surface area contributed by atoms with E-state index in [0.717, 1.165) is 12.6 Å². The van der Waals surface area contributed by atoms with Gasteiger partial charge in [-0.25, -0.2) is 0 Å². The van der Waals surface area contributed by atoms with Gasteiger partial charge in [-0.05, 0) is 34.5 Å². The molecule has 0 bridgehead atoms. The van der Waals surface area contributed by atoms with Gasteiger partial charge in [0.25, 0.3) is 0 Å². The maximum Gasteiger partial charge on any atom is 0.0109 e. The third-order valence-corrected chi connectivity index (χ3v) is 2.24. The first-order valence-corrected chi connectivity index (χ1v) is 4.43. The highest BCUT2D eigenvalue weighted by Gasteiger charge is 2.05. The van der Waals surface area contributed by atoms with Gasteiger partial charge in [0.15, 0.2) is 0 Å². The van der Waals surface area contributed by atoms with Gasteiger partial charge in [-0.15, -0.1) is 0 Å². The normalized spacial score (nSPS) is 14.5. The van der Waals surface area contributed by atoms with Crippen molar-refractivity contribution < 1.29 is 0 Å². The van der Waals surface area contributed by atoms with Crippen molar-refractivity contribution in [1.29, 1.82) is 0 Å². The summed E-state index contributed by atoms with van der Waals surface area (Å²) >= 11 is 0. The Morgan fingerprint density at radius 1 is 1.09 bits per heavy atom. The summed E-state index contributed by atoms with van der Waals surface area (Å²) in [5.41, 5.74) is 0. The van der Waals surface area contributed by atoms with Crippen LogP contribution in [-0.2, 0) is 0 Å². The molecule has 0 spiro atoms. The van der Waals surface area contributed by atoms with Crippen molar-refractivity contribution in [3.63, 3.8) is 0 Å². The van der Waals surface area contributed by atoms with E-state index in [1.165, 1.54) is 13.0 Å². The van der Waals surface area contributed by atoms with E-state index in [1.807, 2.05) is 0 Å². The van der Waals surface area contributed by atoms with Crippen LogP contribution >= 0.6 is 0 Å². The van der Waals surface area contributed by atoms with Crippen LogP contribution in [0.25, 0.3) is 0 Å². The van der Waals surface area contributed by atoms with Crippen LogP contribution in [-0.4, -0.2) is 50.1 Å². The molecule has 0 radical (unpaired) electrons. The molecule has 0 aliphatic carbocycles. The molecule has 0 saturated carbocycles. The molecule has 2 heteroatoms. The third kappa shape index (κ3) is 5.22. The molecule has 2 nitrogen and oxygen atoms in total. The van der Waals surface area contributed by atoms with Gasteiger partial charge in [0.2, 0.25) is 0 Å². The molecular formula is C9H22N2. The summed E-state index contributed by atoms with van der Waals surface area (Å²) in [5.74, 6) is 0. The second-order valence-electron chi connectivity index (χ2n) is 3.54. The molecule has 11 heavy (non-hydrogen) atoms. The lowest BCUT2D eigenvalue weighted by Gasteiger charge is -2.24. The lowest BCUT2D eigenvalue weighted by Crippen LogP contribution is -2.34. The number of likely N-dealkylation sites (N-methyl/N-ethyl adjacent to an activating group) is 2. The van der Waals surface area contributed by atoms with Crippen molar-refractivity contribution in [2.45, 2.75) is 26.3 Å². The van der Waals surface area contributed by atoms with Crippen LogP contribution in [0, 0.1) is 0 Å². The first kappa shape index (κ1) is 10.9. The molecule has 0 aliphatic rings. The number of nitrogens with zero attached hydrogens (tertiary/aromatic N) is 2. The zero-order valence-electron chi connectivity index (χ0n) is 8.59. The predicted molar refractivity (Wildman–Crippen MR) is 50.9 cm³/mol. The fraction of sp³-hybridized carbons (Fsp3) is 1.00. The fourth-order valence-corrected chi connectivity index (χ4v) is 0.890. The first-order valence-electron chi connectivity index (χ1n) is 4.43. The molecule has 0 aromatic carbocycles. The van der Waals surface area contributed by atoms with Crippen molar-refractivity contribution in [2.75, 3.05) is 34.2 Å². The zero-order valence-corrected chi connectivity index (χ0v) is 8.59. The average Bonchev–Trinajstić information content (AvgIpc) is 1.98. The van der Waals surface area contributed by atoms with Crippen LogP contribution in [0.2, 0.25) is 0 Å². The van der Waals surface area contributed by atoms with Crippen molar-refractivity contribution >= 4 is 0 Å². The Hall–Kier alpha value is -0.0800. The Morgan fingerprint density at radius 2 is 1.64 bits per heavy atom. The highest BCUT2D eigenvalue weighted by atomic mass is 15.2. The molecule has 0 fully saturated rings. The van der Waals surface area contributed by atoms with E-state index in [1.54, 1.807) is 0 Å². The molecule has 0 amide bonds. The van der Waals surface area contributed by atoms with E-state index in [4.69, 9.17) is 0 Å². The van der Waals surface area contributed by atoms with Gasteiger partial charge in [0.05, 0.1) is 0 Å². The van der Waals surface area contributed by atoms with Gasteiger partial charge in [0, 0.05) is 19.1 Å². The van der Waals surface area contributed by atoms with Gasteiger partial charge < -0.3 is 9.80 Å². The van der Waals surface area contributed by atoms with Crippen LogP contribution in [0.1, 0.15) is 20.3 Å². The van der Waals surface area contributed by atoms with E-state index >= 15 is 0 Å². The van der Waals surface area contributed by atoms with Crippen LogP contribution < -0.4 is 0 Å². The van der Waals surface area contributed by atoms with Crippen LogP contribution in [0.15, 0.2) is 0 Å². The molecule has 1 atom stereocenters. The molecule has 0 rings (SSSR count). The van der Waals surface area contributed by atoms with Crippen LogP contribution in [0.4, 0.5) is 0 Å². The Labute approximate surface area is 71.2 Å². The lowest BCUT2D eigenvalue weighted by molar-refractivity contribution is 0.225. The number of hydrogen-bond acceptors (Lipinski definition) is 2. The van der Waals surface area contributed by atoms with E-state index in [9.17, 15) is 0 Å². The minimum atomic E-state index is 0.718. The first-order chi connectivity index (χ1) is 5.07. The van der Waals surface area contributed by atoms with Gasteiger partial charge in [-0.3, -0.25) is 0 Å². The van der Waals surface area contributed by atoms with Crippen LogP contribution in [0.5, 0.6) is 0 Å². The maximum atomic E-state index is 2.40. The smallest absolute Gasteiger partial charge is 0.0109 e. The van der Waals surface area contributed by atoms with Gasteiger partial charge in [-0.1, -0.05) is 6.92 Å². The van der Waals surface area contributed by atoms with E-state index in [0.29, 0.717) is 0 Å². The summed E-state index contributed by atoms with van der Waals surface area (Å²) < 4.78 is 0.